The number of benzene rings is 1. The Balaban J connectivity index is 1.58. The topological polar surface area (TPSA) is 71.5 Å². The number of aromatic nitrogens is 1. The Labute approximate surface area is 150 Å². The van der Waals surface area contributed by atoms with Gasteiger partial charge in [0.05, 0.1) is 0 Å². The normalized spacial score (nSPS) is 16.7. The van der Waals surface area contributed by atoms with E-state index in [1.54, 1.807) is 16.5 Å². The highest BCUT2D eigenvalue weighted by molar-refractivity contribution is 7.13. The first-order valence-electron chi connectivity index (χ1n) is 8.24. The first kappa shape index (κ1) is 17.4. The summed E-state index contributed by atoms with van der Waals surface area (Å²) in [5.41, 5.74) is 2.30. The molecular weight excluding hydrogens is 338 g/mol. The molecular formula is C18H21N3O3S. The van der Waals surface area contributed by atoms with Crippen LogP contribution in [0.4, 0.5) is 5.13 Å². The van der Waals surface area contributed by atoms with Crippen molar-refractivity contribution in [2.75, 3.05) is 18.5 Å². The second-order valence-corrected chi connectivity index (χ2v) is 7.00. The van der Waals surface area contributed by atoms with Gasteiger partial charge in [-0.25, -0.2) is 4.98 Å². The van der Waals surface area contributed by atoms with E-state index in [0.717, 1.165) is 12.0 Å². The Morgan fingerprint density at radius 3 is 2.92 bits per heavy atom. The number of aryl methyl sites for hydroxylation is 2. The second-order valence-electron chi connectivity index (χ2n) is 6.11. The molecule has 2 heterocycles. The molecule has 1 saturated heterocycles. The average molecular weight is 359 g/mol. The smallest absolute Gasteiger partial charge is 0.261 e. The molecule has 1 aromatic heterocycles. The van der Waals surface area contributed by atoms with Crippen LogP contribution in [0.1, 0.15) is 24.0 Å². The Kier molecular flexibility index (Phi) is 5.33. The minimum Gasteiger partial charge on any atom is -0.484 e. The number of hydrogen-bond donors (Lipinski definition) is 1. The van der Waals surface area contributed by atoms with Crippen LogP contribution < -0.4 is 10.1 Å². The van der Waals surface area contributed by atoms with E-state index < -0.39 is 6.04 Å². The molecule has 132 valence electrons. The molecule has 0 spiro atoms. The fourth-order valence-electron chi connectivity index (χ4n) is 2.84. The number of carbonyl (C=O) groups is 2. The lowest BCUT2D eigenvalue weighted by molar-refractivity contribution is -0.138. The molecule has 0 aliphatic carbocycles. The Hall–Kier alpha value is -2.41. The van der Waals surface area contributed by atoms with Crippen molar-refractivity contribution < 1.29 is 14.3 Å². The minimum atomic E-state index is -0.459. The van der Waals surface area contributed by atoms with E-state index >= 15 is 0 Å². The molecule has 1 aromatic carbocycles. The lowest BCUT2D eigenvalue weighted by Crippen LogP contribution is -2.45. The Morgan fingerprint density at radius 1 is 1.36 bits per heavy atom. The van der Waals surface area contributed by atoms with Gasteiger partial charge in [-0.1, -0.05) is 6.07 Å². The standard InChI is InChI=1S/C18H21N3O3S/c1-12-5-6-14(10-13(12)2)24-11-16(22)21-8-3-4-15(21)17(23)20-18-19-7-9-25-18/h5-7,9-10,15H,3-4,8,11H2,1-2H3,(H,19,20,23). The fourth-order valence-corrected chi connectivity index (χ4v) is 3.38. The van der Waals surface area contributed by atoms with E-state index in [4.69, 9.17) is 4.74 Å². The van der Waals surface area contributed by atoms with Crippen LogP contribution in [-0.2, 0) is 9.59 Å². The summed E-state index contributed by atoms with van der Waals surface area (Å²) in [7, 11) is 0. The number of thiazole rings is 1. The maximum Gasteiger partial charge on any atom is 0.261 e. The van der Waals surface area contributed by atoms with Crippen molar-refractivity contribution in [2.45, 2.75) is 32.7 Å². The van der Waals surface area contributed by atoms with Gasteiger partial charge in [0.1, 0.15) is 11.8 Å². The van der Waals surface area contributed by atoms with E-state index in [9.17, 15) is 9.59 Å². The van der Waals surface area contributed by atoms with Gasteiger partial charge in [-0.2, -0.15) is 0 Å². The molecule has 7 heteroatoms. The van der Waals surface area contributed by atoms with E-state index in [2.05, 4.69) is 10.3 Å². The van der Waals surface area contributed by atoms with Crippen LogP contribution in [-0.4, -0.2) is 40.9 Å². The lowest BCUT2D eigenvalue weighted by Gasteiger charge is -2.23. The zero-order valence-corrected chi connectivity index (χ0v) is 15.1. The fraction of sp³-hybridized carbons (Fsp3) is 0.389. The average Bonchev–Trinajstić information content (AvgIpc) is 3.27. The van der Waals surface area contributed by atoms with Gasteiger partial charge in [-0.05, 0) is 49.9 Å². The van der Waals surface area contributed by atoms with Gasteiger partial charge in [0.2, 0.25) is 5.91 Å². The van der Waals surface area contributed by atoms with Crippen LogP contribution in [0, 0.1) is 13.8 Å². The van der Waals surface area contributed by atoms with Gasteiger partial charge >= 0.3 is 0 Å². The van der Waals surface area contributed by atoms with Gasteiger partial charge in [0, 0.05) is 18.1 Å². The van der Waals surface area contributed by atoms with E-state index in [1.165, 1.54) is 16.9 Å². The summed E-state index contributed by atoms with van der Waals surface area (Å²) >= 11 is 1.36. The number of nitrogens with zero attached hydrogens (tertiary/aromatic N) is 2. The monoisotopic (exact) mass is 359 g/mol. The maximum absolute atomic E-state index is 12.5. The molecule has 6 nitrogen and oxygen atoms in total. The van der Waals surface area contributed by atoms with Gasteiger partial charge < -0.3 is 15.0 Å². The van der Waals surface area contributed by atoms with E-state index in [-0.39, 0.29) is 18.4 Å². The summed E-state index contributed by atoms with van der Waals surface area (Å²) in [6.07, 6.45) is 3.10. The van der Waals surface area contributed by atoms with Crippen LogP contribution in [0.3, 0.4) is 0 Å². The zero-order chi connectivity index (χ0) is 17.8. The van der Waals surface area contributed by atoms with Crippen LogP contribution >= 0.6 is 11.3 Å². The molecule has 2 amide bonds. The molecule has 25 heavy (non-hydrogen) atoms. The molecule has 0 saturated carbocycles. The van der Waals surface area contributed by atoms with Crippen LogP contribution in [0.15, 0.2) is 29.8 Å². The number of anilines is 1. The lowest BCUT2D eigenvalue weighted by atomic mass is 10.1. The number of rotatable bonds is 5. The predicted octanol–water partition coefficient (Wildman–Crippen LogP) is 2.77. The summed E-state index contributed by atoms with van der Waals surface area (Å²) in [6, 6.07) is 5.28. The molecule has 1 aliphatic heterocycles. The SMILES string of the molecule is Cc1ccc(OCC(=O)N2CCCC2C(=O)Nc2nccs2)cc1C. The summed E-state index contributed by atoms with van der Waals surface area (Å²) in [5.74, 6) is 0.307. The van der Waals surface area contributed by atoms with Gasteiger partial charge in [0.25, 0.3) is 5.91 Å². The summed E-state index contributed by atoms with van der Waals surface area (Å²) in [5, 5.41) is 5.12. The Bertz CT molecular complexity index is 761. The quantitative estimate of drug-likeness (QED) is 0.891. The number of hydrogen-bond acceptors (Lipinski definition) is 5. The van der Waals surface area contributed by atoms with Crippen molar-refractivity contribution in [1.29, 1.82) is 0 Å². The van der Waals surface area contributed by atoms with Gasteiger partial charge in [0.15, 0.2) is 11.7 Å². The summed E-state index contributed by atoms with van der Waals surface area (Å²) < 4.78 is 5.62. The molecule has 1 atom stereocenters. The third kappa shape index (κ3) is 4.17. The van der Waals surface area contributed by atoms with Crippen molar-refractivity contribution in [3.63, 3.8) is 0 Å². The number of amides is 2. The first-order chi connectivity index (χ1) is 12.0. The van der Waals surface area contributed by atoms with E-state index in [1.807, 2.05) is 32.0 Å². The summed E-state index contributed by atoms with van der Waals surface area (Å²) in [6.45, 7) is 4.54. The molecule has 2 aromatic rings. The van der Waals surface area contributed by atoms with Crippen molar-refractivity contribution in [2.24, 2.45) is 0 Å². The number of ether oxygens (including phenoxy) is 1. The van der Waals surface area contributed by atoms with Crippen LogP contribution in [0.5, 0.6) is 5.75 Å². The number of nitrogens with one attached hydrogen (secondary N) is 1. The number of carbonyl (C=O) groups excluding carboxylic acids is 2. The van der Waals surface area contributed by atoms with Crippen molar-refractivity contribution >= 4 is 28.3 Å². The molecule has 1 unspecified atom stereocenters. The summed E-state index contributed by atoms with van der Waals surface area (Å²) in [4.78, 5) is 30.5. The highest BCUT2D eigenvalue weighted by Crippen LogP contribution is 2.21. The third-order valence-electron chi connectivity index (χ3n) is 4.38. The highest BCUT2D eigenvalue weighted by Gasteiger charge is 2.34. The molecule has 1 N–H and O–H groups in total. The van der Waals surface area contributed by atoms with Crippen molar-refractivity contribution in [3.8, 4) is 5.75 Å². The number of likely N-dealkylation sites (tertiary alicyclic amines) is 1. The highest BCUT2D eigenvalue weighted by atomic mass is 32.1. The van der Waals surface area contributed by atoms with Crippen molar-refractivity contribution in [1.82, 2.24) is 9.88 Å². The Morgan fingerprint density at radius 2 is 2.20 bits per heavy atom. The van der Waals surface area contributed by atoms with Crippen molar-refractivity contribution in [3.05, 3.63) is 40.9 Å². The second kappa shape index (κ2) is 7.65. The van der Waals surface area contributed by atoms with Crippen LogP contribution in [0.2, 0.25) is 0 Å². The zero-order valence-electron chi connectivity index (χ0n) is 14.3. The molecule has 1 aliphatic rings. The largest absolute Gasteiger partial charge is 0.484 e. The maximum atomic E-state index is 12.5. The molecule has 3 rings (SSSR count). The molecule has 0 radical (unpaired) electrons. The minimum absolute atomic E-state index is 0.0659. The van der Waals surface area contributed by atoms with Crippen LogP contribution in [0.25, 0.3) is 0 Å². The third-order valence-corrected chi connectivity index (χ3v) is 5.07. The first-order valence-corrected chi connectivity index (χ1v) is 9.12. The van der Waals surface area contributed by atoms with Gasteiger partial charge in [-0.15, -0.1) is 11.3 Å². The molecule has 0 bridgehead atoms. The van der Waals surface area contributed by atoms with Gasteiger partial charge in [-0.3, -0.25) is 9.59 Å². The molecule has 1 fully saturated rings. The van der Waals surface area contributed by atoms with E-state index in [0.29, 0.717) is 23.8 Å². The predicted molar refractivity (Wildman–Crippen MR) is 96.9 cm³/mol.